The number of nitrogens with one attached hydrogen (secondary N) is 2. The van der Waals surface area contributed by atoms with Crippen molar-refractivity contribution in [2.45, 2.75) is 9.96 Å². The molecule has 0 radical (unpaired) electrons. The molecule has 0 aliphatic rings. The average molecular weight is 390 g/mol. The van der Waals surface area contributed by atoms with Crippen LogP contribution in [0.3, 0.4) is 0 Å². The molecular weight excluding hydrogens is 376 g/mol. The van der Waals surface area contributed by atoms with Crippen molar-refractivity contribution in [3.05, 3.63) is 28.7 Å². The second-order valence-corrected chi connectivity index (χ2v) is 7.26. The van der Waals surface area contributed by atoms with Gasteiger partial charge in [0.1, 0.15) is 6.17 Å². The minimum Gasteiger partial charge on any atom is -0.362 e. The van der Waals surface area contributed by atoms with Gasteiger partial charge in [-0.1, -0.05) is 56.8 Å². The van der Waals surface area contributed by atoms with Crippen molar-refractivity contribution >= 4 is 62.5 Å². The number of carbonyl (C=O) groups is 1. The van der Waals surface area contributed by atoms with E-state index < -0.39 is 9.96 Å². The lowest BCUT2D eigenvalue weighted by Crippen LogP contribution is -2.52. The zero-order valence-corrected chi connectivity index (χ0v) is 14.1. The monoisotopic (exact) mass is 387 g/mol. The molecule has 0 aromatic heterocycles. The predicted octanol–water partition coefficient (Wildman–Crippen LogP) is 3.83. The fourth-order valence-corrected chi connectivity index (χ4v) is 1.92. The zero-order valence-electron chi connectivity index (χ0n) is 10.3. The van der Waals surface area contributed by atoms with E-state index in [1.54, 1.807) is 20.2 Å². The third-order valence-electron chi connectivity index (χ3n) is 2.14. The van der Waals surface area contributed by atoms with Gasteiger partial charge in [0.15, 0.2) is 0 Å². The van der Waals surface area contributed by atoms with Crippen molar-refractivity contribution in [3.8, 4) is 0 Å². The molecule has 2 N–H and O–H groups in total. The average Bonchev–Trinajstić information content (AvgIpc) is 2.26. The van der Waals surface area contributed by atoms with Crippen molar-refractivity contribution in [2.75, 3.05) is 19.4 Å². The molecule has 4 nitrogen and oxygen atoms in total. The lowest BCUT2D eigenvalue weighted by Gasteiger charge is -2.28. The van der Waals surface area contributed by atoms with E-state index in [-0.39, 0.29) is 6.03 Å². The first kappa shape index (κ1) is 16.7. The molecule has 19 heavy (non-hydrogen) atoms. The summed E-state index contributed by atoms with van der Waals surface area (Å²) in [6.07, 6.45) is -0.860. The molecule has 0 aliphatic carbocycles. The first-order chi connectivity index (χ1) is 8.70. The van der Waals surface area contributed by atoms with Crippen LogP contribution < -0.4 is 10.6 Å². The van der Waals surface area contributed by atoms with Crippen LogP contribution >= 0.6 is 50.7 Å². The van der Waals surface area contributed by atoms with Crippen LogP contribution in [0.1, 0.15) is 0 Å². The van der Waals surface area contributed by atoms with E-state index in [0.717, 1.165) is 4.47 Å². The Labute approximate surface area is 135 Å². The Morgan fingerprint density at radius 1 is 1.37 bits per heavy atom. The molecule has 106 valence electrons. The molecule has 1 rings (SSSR count). The summed E-state index contributed by atoms with van der Waals surface area (Å²) >= 11 is 20.9. The van der Waals surface area contributed by atoms with Gasteiger partial charge in [0, 0.05) is 24.3 Å². The molecule has 1 atom stereocenters. The van der Waals surface area contributed by atoms with Gasteiger partial charge in [0.2, 0.25) is 3.79 Å². The Balaban J connectivity index is 2.84. The summed E-state index contributed by atoms with van der Waals surface area (Å²) in [4.78, 5) is 13.0. The number of benzene rings is 1. The number of hydrogen-bond donors (Lipinski definition) is 2. The lowest BCUT2D eigenvalue weighted by atomic mass is 10.3. The highest BCUT2D eigenvalue weighted by molar-refractivity contribution is 9.10. The predicted molar refractivity (Wildman–Crippen MR) is 84.1 cm³/mol. The lowest BCUT2D eigenvalue weighted by molar-refractivity contribution is 0.214. The molecule has 8 heteroatoms. The molecule has 0 spiro atoms. The van der Waals surface area contributed by atoms with Crippen molar-refractivity contribution in [2.24, 2.45) is 0 Å². The molecule has 0 fully saturated rings. The molecular formula is C11H13BrCl3N3O. The van der Waals surface area contributed by atoms with E-state index in [1.807, 2.05) is 18.2 Å². The molecule has 0 heterocycles. The minimum atomic E-state index is -1.69. The van der Waals surface area contributed by atoms with Crippen LogP contribution in [0.2, 0.25) is 0 Å². The van der Waals surface area contributed by atoms with Gasteiger partial charge in [-0.25, -0.2) is 4.79 Å². The fourth-order valence-electron chi connectivity index (χ4n) is 1.20. The van der Waals surface area contributed by atoms with E-state index in [1.165, 1.54) is 4.90 Å². The number of rotatable bonds is 3. The largest absolute Gasteiger partial charge is 0.362 e. The van der Waals surface area contributed by atoms with Crippen LogP contribution in [0.4, 0.5) is 10.5 Å². The van der Waals surface area contributed by atoms with E-state index in [4.69, 9.17) is 34.8 Å². The van der Waals surface area contributed by atoms with Gasteiger partial charge in [-0.15, -0.1) is 0 Å². The van der Waals surface area contributed by atoms with Gasteiger partial charge >= 0.3 is 6.03 Å². The Kier molecular flexibility index (Phi) is 6.05. The molecule has 1 aromatic rings. The van der Waals surface area contributed by atoms with Crippen LogP contribution in [0.15, 0.2) is 28.7 Å². The molecule has 0 saturated heterocycles. The quantitative estimate of drug-likeness (QED) is 0.610. The summed E-state index contributed by atoms with van der Waals surface area (Å²) < 4.78 is -0.812. The number of urea groups is 1. The number of nitrogens with zero attached hydrogens (tertiary/aromatic N) is 1. The van der Waals surface area contributed by atoms with Gasteiger partial charge < -0.3 is 15.5 Å². The minimum absolute atomic E-state index is 0.362. The van der Waals surface area contributed by atoms with Gasteiger partial charge in [0.25, 0.3) is 0 Å². The number of amides is 2. The number of carbonyl (C=O) groups excluding carboxylic acids is 1. The maximum atomic E-state index is 11.6. The van der Waals surface area contributed by atoms with Gasteiger partial charge in [-0.05, 0) is 18.2 Å². The zero-order chi connectivity index (χ0) is 14.6. The van der Waals surface area contributed by atoms with Gasteiger partial charge in [0.05, 0.1) is 0 Å². The Hall–Kier alpha value is -0.360. The summed E-state index contributed by atoms with van der Waals surface area (Å²) in [5.41, 5.74) is 0.713. The summed E-state index contributed by atoms with van der Waals surface area (Å²) in [6, 6.07) is 6.95. The van der Waals surface area contributed by atoms with Crippen molar-refractivity contribution in [1.82, 2.24) is 10.2 Å². The fraction of sp³-hybridized carbons (Fsp3) is 0.364. The van der Waals surface area contributed by atoms with Crippen LogP contribution in [0.25, 0.3) is 0 Å². The standard InChI is InChI=1S/C11H13BrCl3N3O/c1-18(2)10(19)17-9(11(13,14)15)16-8-5-3-4-7(12)6-8/h3-6,9,16H,1-2H3,(H,17,19)/t9-/m0/s1. The summed E-state index contributed by atoms with van der Waals surface area (Å²) in [5.74, 6) is 0. The Morgan fingerprint density at radius 2 is 2.00 bits per heavy atom. The second kappa shape index (κ2) is 6.88. The number of anilines is 1. The first-order valence-electron chi connectivity index (χ1n) is 5.27. The molecule has 0 saturated carbocycles. The highest BCUT2D eigenvalue weighted by atomic mass is 79.9. The Bertz CT molecular complexity index is 451. The highest BCUT2D eigenvalue weighted by Gasteiger charge is 2.34. The smallest absolute Gasteiger partial charge is 0.318 e. The summed E-state index contributed by atoms with van der Waals surface area (Å²) in [5, 5.41) is 5.55. The summed E-state index contributed by atoms with van der Waals surface area (Å²) in [7, 11) is 3.20. The second-order valence-electron chi connectivity index (χ2n) is 3.97. The maximum absolute atomic E-state index is 11.6. The third-order valence-corrected chi connectivity index (χ3v) is 3.28. The van der Waals surface area contributed by atoms with Crippen LogP contribution in [-0.2, 0) is 0 Å². The third kappa shape index (κ3) is 5.65. The van der Waals surface area contributed by atoms with Gasteiger partial charge in [-0.2, -0.15) is 0 Å². The maximum Gasteiger partial charge on any atom is 0.318 e. The summed E-state index contributed by atoms with van der Waals surface area (Å²) in [6.45, 7) is 0. The Morgan fingerprint density at radius 3 is 2.47 bits per heavy atom. The van der Waals surface area contributed by atoms with Crippen LogP contribution in [0, 0.1) is 0 Å². The molecule has 1 aromatic carbocycles. The molecule has 0 aliphatic heterocycles. The van der Waals surface area contributed by atoms with Crippen molar-refractivity contribution < 1.29 is 4.79 Å². The van der Waals surface area contributed by atoms with Crippen LogP contribution in [0.5, 0.6) is 0 Å². The van der Waals surface area contributed by atoms with Crippen molar-refractivity contribution in [1.29, 1.82) is 0 Å². The molecule has 2 amide bonds. The normalized spacial score (nSPS) is 12.7. The van der Waals surface area contributed by atoms with E-state index in [9.17, 15) is 4.79 Å². The topological polar surface area (TPSA) is 44.4 Å². The first-order valence-corrected chi connectivity index (χ1v) is 7.19. The highest BCUT2D eigenvalue weighted by Crippen LogP contribution is 2.31. The van der Waals surface area contributed by atoms with Crippen molar-refractivity contribution in [3.63, 3.8) is 0 Å². The number of halogens is 4. The van der Waals surface area contributed by atoms with E-state index in [2.05, 4.69) is 26.6 Å². The SMILES string of the molecule is CN(C)C(=O)N[C@H](Nc1cccc(Br)c1)C(Cl)(Cl)Cl. The molecule has 0 bridgehead atoms. The number of hydrogen-bond acceptors (Lipinski definition) is 2. The van der Waals surface area contributed by atoms with E-state index in [0.29, 0.717) is 5.69 Å². The van der Waals surface area contributed by atoms with Gasteiger partial charge in [-0.3, -0.25) is 0 Å². The molecule has 0 unspecified atom stereocenters. The number of alkyl halides is 3. The van der Waals surface area contributed by atoms with E-state index >= 15 is 0 Å². The van der Waals surface area contributed by atoms with Crippen LogP contribution in [-0.4, -0.2) is 35.0 Å².